The summed E-state index contributed by atoms with van der Waals surface area (Å²) in [6.45, 7) is 0.694. The van der Waals surface area contributed by atoms with Crippen molar-refractivity contribution in [1.29, 1.82) is 0 Å². The lowest BCUT2D eigenvalue weighted by Gasteiger charge is -2.24. The Labute approximate surface area is 145 Å². The number of carbonyl (C=O) groups is 1. The van der Waals surface area contributed by atoms with Gasteiger partial charge in [-0.1, -0.05) is 12.1 Å². The number of H-pyrrole nitrogens is 1. The second-order valence-corrected chi connectivity index (χ2v) is 6.38. The second kappa shape index (κ2) is 6.20. The van der Waals surface area contributed by atoms with E-state index in [1.165, 1.54) is 12.1 Å². The van der Waals surface area contributed by atoms with Crippen molar-refractivity contribution in [3.05, 3.63) is 65.7 Å². The van der Waals surface area contributed by atoms with Gasteiger partial charge in [0.25, 0.3) is 5.91 Å². The lowest BCUT2D eigenvalue weighted by Crippen LogP contribution is -2.30. The Hall–Kier alpha value is -2.89. The molecule has 2 aromatic heterocycles. The molecule has 1 aliphatic rings. The number of halogens is 1. The smallest absolute Gasteiger partial charge is 0.272 e. The molecule has 1 unspecified atom stereocenters. The summed E-state index contributed by atoms with van der Waals surface area (Å²) in [5.41, 5.74) is 3.14. The molecule has 1 fully saturated rings. The summed E-state index contributed by atoms with van der Waals surface area (Å²) < 4.78 is 15.1. The number of aromatic nitrogens is 3. The molecular weight excluding hydrogens is 319 g/mol. The zero-order valence-electron chi connectivity index (χ0n) is 13.9. The minimum absolute atomic E-state index is 0.0186. The fraction of sp³-hybridized carbons (Fsp3) is 0.263. The molecule has 0 aliphatic carbocycles. The maximum Gasteiger partial charge on any atom is 0.272 e. The third kappa shape index (κ3) is 2.84. The fourth-order valence-corrected chi connectivity index (χ4v) is 3.49. The molecule has 0 saturated carbocycles. The number of aryl methyl sites for hydroxylation is 1. The van der Waals surface area contributed by atoms with E-state index in [2.05, 4.69) is 10.2 Å². The summed E-state index contributed by atoms with van der Waals surface area (Å²) in [7, 11) is 1.94. The molecule has 4 rings (SSSR count). The molecule has 5 nitrogen and oxygen atoms in total. The minimum Gasteiger partial charge on any atom is -0.349 e. The van der Waals surface area contributed by atoms with E-state index in [1.807, 2.05) is 34.8 Å². The number of hydrogen-bond donors (Lipinski definition) is 1. The monoisotopic (exact) mass is 338 g/mol. The molecule has 3 heterocycles. The van der Waals surface area contributed by atoms with Crippen LogP contribution in [0, 0.1) is 5.82 Å². The Bertz CT molecular complexity index is 896. The fourth-order valence-electron chi connectivity index (χ4n) is 3.49. The predicted octanol–water partition coefficient (Wildman–Crippen LogP) is 3.53. The van der Waals surface area contributed by atoms with Crippen LogP contribution in [0.2, 0.25) is 0 Å². The lowest BCUT2D eigenvalue weighted by molar-refractivity contribution is 0.0729. The van der Waals surface area contributed by atoms with E-state index in [4.69, 9.17) is 0 Å². The minimum atomic E-state index is -0.264. The van der Waals surface area contributed by atoms with E-state index in [1.54, 1.807) is 18.2 Å². The second-order valence-electron chi connectivity index (χ2n) is 6.38. The first-order chi connectivity index (χ1) is 12.1. The molecule has 1 amide bonds. The van der Waals surface area contributed by atoms with E-state index in [9.17, 15) is 9.18 Å². The van der Waals surface area contributed by atoms with Gasteiger partial charge in [0.05, 0.1) is 11.7 Å². The van der Waals surface area contributed by atoms with Gasteiger partial charge in [0.15, 0.2) is 0 Å². The summed E-state index contributed by atoms with van der Waals surface area (Å²) in [5.74, 6) is -0.333. The average molecular weight is 338 g/mol. The molecule has 0 radical (unpaired) electrons. The van der Waals surface area contributed by atoms with Gasteiger partial charge in [-0.2, -0.15) is 5.10 Å². The Morgan fingerprint density at radius 1 is 1.28 bits per heavy atom. The predicted molar refractivity (Wildman–Crippen MR) is 92.4 cm³/mol. The number of rotatable bonds is 3. The van der Waals surface area contributed by atoms with Crippen LogP contribution in [0.4, 0.5) is 4.39 Å². The zero-order chi connectivity index (χ0) is 17.4. The van der Waals surface area contributed by atoms with Gasteiger partial charge in [0, 0.05) is 19.8 Å². The number of nitrogens with one attached hydrogen (secondary N) is 1. The van der Waals surface area contributed by atoms with E-state index in [0.29, 0.717) is 12.2 Å². The zero-order valence-corrected chi connectivity index (χ0v) is 13.9. The van der Waals surface area contributed by atoms with Crippen molar-refractivity contribution in [2.45, 2.75) is 18.9 Å². The molecule has 0 bridgehead atoms. The van der Waals surface area contributed by atoms with Gasteiger partial charge >= 0.3 is 0 Å². The largest absolute Gasteiger partial charge is 0.349 e. The van der Waals surface area contributed by atoms with Gasteiger partial charge in [0.2, 0.25) is 0 Å². The maximum absolute atomic E-state index is 13.2. The van der Waals surface area contributed by atoms with Crippen LogP contribution in [0.5, 0.6) is 0 Å². The van der Waals surface area contributed by atoms with Crippen molar-refractivity contribution in [3.63, 3.8) is 0 Å². The highest BCUT2D eigenvalue weighted by Crippen LogP contribution is 2.33. The summed E-state index contributed by atoms with van der Waals surface area (Å²) in [4.78, 5) is 14.8. The molecule has 128 valence electrons. The SMILES string of the molecule is Cn1cccc1-c1cc(C(=O)N2CCCC2c2ccc(F)cc2)[nH]n1. The van der Waals surface area contributed by atoms with Gasteiger partial charge in [0.1, 0.15) is 17.2 Å². The molecule has 25 heavy (non-hydrogen) atoms. The van der Waals surface area contributed by atoms with Crippen LogP contribution in [0.25, 0.3) is 11.4 Å². The van der Waals surface area contributed by atoms with E-state index in [-0.39, 0.29) is 17.8 Å². The summed E-state index contributed by atoms with van der Waals surface area (Å²) >= 11 is 0. The number of likely N-dealkylation sites (tertiary alicyclic amines) is 1. The molecule has 0 spiro atoms. The highest BCUT2D eigenvalue weighted by Gasteiger charge is 2.31. The van der Waals surface area contributed by atoms with E-state index >= 15 is 0 Å². The van der Waals surface area contributed by atoms with Crippen molar-refractivity contribution >= 4 is 5.91 Å². The maximum atomic E-state index is 13.2. The van der Waals surface area contributed by atoms with Crippen LogP contribution in [0.1, 0.15) is 34.9 Å². The van der Waals surface area contributed by atoms with E-state index < -0.39 is 0 Å². The molecule has 1 N–H and O–H groups in total. The van der Waals surface area contributed by atoms with Crippen molar-refractivity contribution in [2.75, 3.05) is 6.54 Å². The first-order valence-electron chi connectivity index (χ1n) is 8.37. The number of aromatic amines is 1. The standard InChI is InChI=1S/C19H19FN4O/c1-23-10-2-5-18(23)15-12-16(22-21-15)19(25)24-11-3-4-17(24)13-6-8-14(20)9-7-13/h2,5-10,12,17H,3-4,11H2,1H3,(H,21,22). The number of benzene rings is 1. The summed E-state index contributed by atoms with van der Waals surface area (Å²) in [6, 6.07) is 12.1. The van der Waals surface area contributed by atoms with Crippen molar-refractivity contribution in [1.82, 2.24) is 19.7 Å². The third-order valence-corrected chi connectivity index (χ3v) is 4.78. The highest BCUT2D eigenvalue weighted by molar-refractivity contribution is 5.93. The quantitative estimate of drug-likeness (QED) is 0.794. The molecule has 1 aromatic carbocycles. The van der Waals surface area contributed by atoms with Crippen LogP contribution in [-0.4, -0.2) is 32.1 Å². The van der Waals surface area contributed by atoms with Gasteiger partial charge < -0.3 is 9.47 Å². The van der Waals surface area contributed by atoms with Crippen LogP contribution < -0.4 is 0 Å². The molecular formula is C19H19FN4O. The summed E-state index contributed by atoms with van der Waals surface area (Å²) in [6.07, 6.45) is 3.76. The number of carbonyl (C=O) groups excluding carboxylic acids is 1. The number of hydrogen-bond acceptors (Lipinski definition) is 2. The van der Waals surface area contributed by atoms with Crippen LogP contribution >= 0.6 is 0 Å². The first kappa shape index (κ1) is 15.6. The number of amides is 1. The van der Waals surface area contributed by atoms with Gasteiger partial charge in [-0.15, -0.1) is 0 Å². The molecule has 3 aromatic rings. The van der Waals surface area contributed by atoms with Crippen LogP contribution in [0.15, 0.2) is 48.7 Å². The third-order valence-electron chi connectivity index (χ3n) is 4.78. The van der Waals surface area contributed by atoms with Crippen molar-refractivity contribution < 1.29 is 9.18 Å². The van der Waals surface area contributed by atoms with E-state index in [0.717, 1.165) is 29.8 Å². The van der Waals surface area contributed by atoms with Gasteiger partial charge in [-0.05, 0) is 48.7 Å². The van der Waals surface area contributed by atoms with Gasteiger partial charge in [-0.3, -0.25) is 9.89 Å². The average Bonchev–Trinajstić information content (AvgIpc) is 3.35. The van der Waals surface area contributed by atoms with Crippen molar-refractivity contribution in [2.24, 2.45) is 7.05 Å². The molecule has 6 heteroatoms. The summed E-state index contributed by atoms with van der Waals surface area (Å²) in [5, 5.41) is 7.14. The van der Waals surface area contributed by atoms with Crippen LogP contribution in [0.3, 0.4) is 0 Å². The van der Waals surface area contributed by atoms with Gasteiger partial charge in [-0.25, -0.2) is 4.39 Å². The normalized spacial score (nSPS) is 17.2. The molecule has 1 saturated heterocycles. The molecule has 1 aliphatic heterocycles. The first-order valence-corrected chi connectivity index (χ1v) is 8.37. The Morgan fingerprint density at radius 2 is 2.08 bits per heavy atom. The highest BCUT2D eigenvalue weighted by atomic mass is 19.1. The Balaban J connectivity index is 1.59. The lowest BCUT2D eigenvalue weighted by atomic mass is 10.0. The Morgan fingerprint density at radius 3 is 2.80 bits per heavy atom. The molecule has 1 atom stereocenters. The van der Waals surface area contributed by atoms with Crippen molar-refractivity contribution in [3.8, 4) is 11.4 Å². The van der Waals surface area contributed by atoms with Crippen LogP contribution in [-0.2, 0) is 7.05 Å². The number of nitrogens with zero attached hydrogens (tertiary/aromatic N) is 3. The topological polar surface area (TPSA) is 53.9 Å². The Kier molecular flexibility index (Phi) is 3.87.